The summed E-state index contributed by atoms with van der Waals surface area (Å²) >= 11 is 0. The summed E-state index contributed by atoms with van der Waals surface area (Å²) in [6.45, 7) is 3.80. The number of hydrogen-bond donors (Lipinski definition) is 0. The van der Waals surface area contributed by atoms with Crippen LogP contribution >= 0.6 is 0 Å². The minimum absolute atomic E-state index is 0.00797. The third-order valence-corrected chi connectivity index (χ3v) is 2.01. The average molecular weight is 204 g/mol. The lowest BCUT2D eigenvalue weighted by Crippen LogP contribution is -2.07. The van der Waals surface area contributed by atoms with Gasteiger partial charge in [-0.3, -0.25) is 4.79 Å². The third-order valence-electron chi connectivity index (χ3n) is 2.01. The van der Waals surface area contributed by atoms with Crippen LogP contribution < -0.4 is 4.74 Å². The lowest BCUT2D eigenvalue weighted by Gasteiger charge is -2.05. The van der Waals surface area contributed by atoms with Crippen molar-refractivity contribution in [2.45, 2.75) is 20.0 Å². The zero-order valence-electron chi connectivity index (χ0n) is 8.68. The molecule has 0 radical (unpaired) electrons. The fourth-order valence-electron chi connectivity index (χ4n) is 1.42. The molecule has 0 amide bonds. The van der Waals surface area contributed by atoms with Gasteiger partial charge in [0.25, 0.3) is 0 Å². The average Bonchev–Trinajstić information content (AvgIpc) is 2.53. The predicted molar refractivity (Wildman–Crippen MR) is 56.3 cm³/mol. The normalized spacial score (nSPS) is 10.9. The Labute approximate surface area is 87.5 Å². The highest BCUT2D eigenvalue weighted by atomic mass is 16.5. The number of hydrogen-bond acceptors (Lipinski definition) is 3. The molecule has 0 fully saturated rings. The lowest BCUT2D eigenvalue weighted by atomic mass is 10.3. The van der Waals surface area contributed by atoms with E-state index < -0.39 is 0 Å². The van der Waals surface area contributed by atoms with E-state index in [1.54, 1.807) is 10.7 Å². The molecule has 0 spiro atoms. The number of nitrogens with zero attached hydrogens (tertiary/aromatic N) is 2. The molecule has 2 aromatic heterocycles. The highest BCUT2D eigenvalue weighted by Gasteiger charge is 2.13. The van der Waals surface area contributed by atoms with Crippen LogP contribution in [0.3, 0.4) is 0 Å². The van der Waals surface area contributed by atoms with Gasteiger partial charge < -0.3 is 4.74 Å². The summed E-state index contributed by atoms with van der Waals surface area (Å²) in [7, 11) is 0. The summed E-state index contributed by atoms with van der Waals surface area (Å²) in [5.74, 6) is 0.395. The van der Waals surface area contributed by atoms with Crippen LogP contribution in [0.5, 0.6) is 5.88 Å². The van der Waals surface area contributed by atoms with Crippen LogP contribution in [0.1, 0.15) is 24.2 Å². The van der Waals surface area contributed by atoms with E-state index >= 15 is 0 Å². The second kappa shape index (κ2) is 3.73. The Morgan fingerprint density at radius 1 is 1.47 bits per heavy atom. The number of aldehydes is 1. The molecule has 15 heavy (non-hydrogen) atoms. The van der Waals surface area contributed by atoms with E-state index in [9.17, 15) is 4.79 Å². The van der Waals surface area contributed by atoms with Gasteiger partial charge in [-0.05, 0) is 26.0 Å². The highest BCUT2D eigenvalue weighted by Crippen LogP contribution is 2.21. The molecule has 0 saturated carbocycles. The predicted octanol–water partition coefficient (Wildman–Crippen LogP) is 1.93. The van der Waals surface area contributed by atoms with Crippen LogP contribution in [0.4, 0.5) is 0 Å². The summed E-state index contributed by atoms with van der Waals surface area (Å²) in [4.78, 5) is 11.0. The van der Waals surface area contributed by atoms with Crippen LogP contribution in [-0.2, 0) is 0 Å². The van der Waals surface area contributed by atoms with Crippen molar-refractivity contribution in [1.29, 1.82) is 0 Å². The molecule has 0 unspecified atom stereocenters. The van der Waals surface area contributed by atoms with Gasteiger partial charge >= 0.3 is 0 Å². The standard InChI is InChI=1S/C11H12N2O2/c1-8(2)15-11-9(7-14)10-5-3-4-6-13(10)12-11/h3-8H,1-2H3. The van der Waals surface area contributed by atoms with Gasteiger partial charge in [-0.15, -0.1) is 5.10 Å². The molecule has 2 heterocycles. The zero-order valence-corrected chi connectivity index (χ0v) is 8.68. The minimum atomic E-state index is 0.00797. The van der Waals surface area contributed by atoms with Crippen molar-refractivity contribution in [3.8, 4) is 5.88 Å². The molecule has 0 aromatic carbocycles. The number of carbonyl (C=O) groups is 1. The first-order valence-corrected chi connectivity index (χ1v) is 4.81. The van der Waals surface area contributed by atoms with E-state index in [0.717, 1.165) is 11.8 Å². The smallest absolute Gasteiger partial charge is 0.244 e. The SMILES string of the molecule is CC(C)Oc1nn2ccccc2c1C=O. The molecule has 2 aromatic rings. The molecule has 2 rings (SSSR count). The number of aromatic nitrogens is 2. The molecule has 0 aliphatic heterocycles. The second-order valence-corrected chi connectivity index (χ2v) is 3.53. The van der Waals surface area contributed by atoms with Gasteiger partial charge in [0.15, 0.2) is 6.29 Å². The Kier molecular flexibility index (Phi) is 2.41. The molecule has 0 aliphatic rings. The van der Waals surface area contributed by atoms with Crippen molar-refractivity contribution < 1.29 is 9.53 Å². The Balaban J connectivity index is 2.58. The van der Waals surface area contributed by atoms with Gasteiger partial charge in [0, 0.05) is 6.20 Å². The fourth-order valence-corrected chi connectivity index (χ4v) is 1.42. The molecule has 4 heteroatoms. The van der Waals surface area contributed by atoms with E-state index in [2.05, 4.69) is 5.10 Å². The van der Waals surface area contributed by atoms with Crippen LogP contribution in [0.15, 0.2) is 24.4 Å². The first kappa shape index (κ1) is 9.71. The summed E-state index contributed by atoms with van der Waals surface area (Å²) in [6, 6.07) is 5.56. The van der Waals surface area contributed by atoms with E-state index in [-0.39, 0.29) is 6.10 Å². The molecule has 0 atom stereocenters. The van der Waals surface area contributed by atoms with Crippen LogP contribution in [0, 0.1) is 0 Å². The zero-order chi connectivity index (χ0) is 10.8. The topological polar surface area (TPSA) is 43.6 Å². The fraction of sp³-hybridized carbons (Fsp3) is 0.273. The summed E-state index contributed by atoms with van der Waals surface area (Å²) in [5, 5.41) is 4.19. The third kappa shape index (κ3) is 1.70. The van der Waals surface area contributed by atoms with Gasteiger partial charge in [-0.1, -0.05) is 6.07 Å². The monoisotopic (exact) mass is 204 g/mol. The van der Waals surface area contributed by atoms with Gasteiger partial charge in [0.1, 0.15) is 5.56 Å². The Morgan fingerprint density at radius 2 is 2.27 bits per heavy atom. The van der Waals surface area contributed by atoms with Crippen molar-refractivity contribution >= 4 is 11.8 Å². The van der Waals surface area contributed by atoms with E-state index in [4.69, 9.17) is 4.74 Å². The minimum Gasteiger partial charge on any atom is -0.473 e. The first-order chi connectivity index (χ1) is 7.22. The molecular weight excluding hydrogens is 192 g/mol. The highest BCUT2D eigenvalue weighted by molar-refractivity contribution is 5.89. The molecular formula is C11H12N2O2. The Morgan fingerprint density at radius 3 is 2.93 bits per heavy atom. The van der Waals surface area contributed by atoms with Gasteiger partial charge in [0.2, 0.25) is 5.88 Å². The number of ether oxygens (including phenoxy) is 1. The Bertz CT molecular complexity index is 488. The lowest BCUT2D eigenvalue weighted by molar-refractivity contribution is 0.111. The van der Waals surface area contributed by atoms with Crippen LogP contribution in [0.25, 0.3) is 5.52 Å². The Hall–Kier alpha value is -1.84. The number of rotatable bonds is 3. The van der Waals surface area contributed by atoms with Crippen LogP contribution in [0.2, 0.25) is 0 Å². The van der Waals surface area contributed by atoms with Gasteiger partial charge in [0.05, 0.1) is 11.6 Å². The first-order valence-electron chi connectivity index (χ1n) is 4.81. The number of fused-ring (bicyclic) bond motifs is 1. The van der Waals surface area contributed by atoms with E-state index in [0.29, 0.717) is 11.4 Å². The van der Waals surface area contributed by atoms with E-state index in [1.807, 2.05) is 32.0 Å². The quantitative estimate of drug-likeness (QED) is 0.717. The maximum absolute atomic E-state index is 11.0. The van der Waals surface area contributed by atoms with Crippen molar-refractivity contribution in [2.75, 3.05) is 0 Å². The maximum Gasteiger partial charge on any atom is 0.244 e. The summed E-state index contributed by atoms with van der Waals surface area (Å²) in [6.07, 6.45) is 2.57. The molecule has 0 aliphatic carbocycles. The number of pyridine rings is 1. The van der Waals surface area contributed by atoms with Crippen molar-refractivity contribution in [1.82, 2.24) is 9.61 Å². The van der Waals surface area contributed by atoms with Gasteiger partial charge in [-0.25, -0.2) is 4.52 Å². The van der Waals surface area contributed by atoms with Crippen molar-refractivity contribution in [3.63, 3.8) is 0 Å². The molecule has 4 nitrogen and oxygen atoms in total. The van der Waals surface area contributed by atoms with Crippen molar-refractivity contribution in [3.05, 3.63) is 30.0 Å². The number of carbonyl (C=O) groups excluding carboxylic acids is 1. The largest absolute Gasteiger partial charge is 0.473 e. The van der Waals surface area contributed by atoms with Gasteiger partial charge in [-0.2, -0.15) is 0 Å². The summed E-state index contributed by atoms with van der Waals surface area (Å²) in [5.41, 5.74) is 1.27. The molecule has 0 bridgehead atoms. The maximum atomic E-state index is 11.0. The molecule has 0 saturated heterocycles. The summed E-state index contributed by atoms with van der Waals surface area (Å²) < 4.78 is 7.10. The van der Waals surface area contributed by atoms with E-state index in [1.165, 1.54) is 0 Å². The second-order valence-electron chi connectivity index (χ2n) is 3.53. The van der Waals surface area contributed by atoms with Crippen molar-refractivity contribution in [2.24, 2.45) is 0 Å². The molecule has 0 N–H and O–H groups in total. The molecule has 78 valence electrons. The van der Waals surface area contributed by atoms with Crippen LogP contribution in [-0.4, -0.2) is 22.0 Å².